The summed E-state index contributed by atoms with van der Waals surface area (Å²) in [6.07, 6.45) is 3.80. The number of hydrogen-bond donors (Lipinski definition) is 2. The Morgan fingerprint density at radius 3 is 2.71 bits per heavy atom. The van der Waals surface area contributed by atoms with Crippen LogP contribution in [0.1, 0.15) is 31.0 Å². The zero-order chi connectivity index (χ0) is 21.6. The van der Waals surface area contributed by atoms with Crippen LogP contribution in [0, 0.1) is 6.92 Å². The molecule has 1 atom stereocenters. The number of likely N-dealkylation sites (tertiary alicyclic amines) is 1. The fraction of sp³-hybridized carbons (Fsp3) is 0.375. The van der Waals surface area contributed by atoms with Crippen molar-refractivity contribution < 1.29 is 4.79 Å². The lowest BCUT2D eigenvalue weighted by molar-refractivity contribution is 0.206. The zero-order valence-corrected chi connectivity index (χ0v) is 18.1. The molecule has 31 heavy (non-hydrogen) atoms. The Morgan fingerprint density at radius 1 is 1.16 bits per heavy atom. The second-order valence-electron chi connectivity index (χ2n) is 8.70. The van der Waals surface area contributed by atoms with Gasteiger partial charge in [0.25, 0.3) is 0 Å². The summed E-state index contributed by atoms with van der Waals surface area (Å²) < 4.78 is 2.11. The van der Waals surface area contributed by atoms with Crippen LogP contribution in [0.5, 0.6) is 0 Å². The van der Waals surface area contributed by atoms with E-state index in [2.05, 4.69) is 58.3 Å². The van der Waals surface area contributed by atoms with Gasteiger partial charge < -0.3 is 16.0 Å². The molecule has 2 amide bonds. The number of anilines is 1. The summed E-state index contributed by atoms with van der Waals surface area (Å²) in [5, 5.41) is 7.81. The SMILES string of the molecule is CCNC(=O)N1CCC2(CCn3nc(-c4cnc(N)c(-c5ccc(C)cc5)c4)cc32)C1. The van der Waals surface area contributed by atoms with Crippen LogP contribution >= 0.6 is 0 Å². The maximum Gasteiger partial charge on any atom is 0.317 e. The van der Waals surface area contributed by atoms with Gasteiger partial charge in [0, 0.05) is 54.6 Å². The molecule has 1 unspecified atom stereocenters. The molecule has 3 aromatic rings. The maximum absolute atomic E-state index is 12.3. The number of nitrogen functional groups attached to an aromatic ring is 1. The van der Waals surface area contributed by atoms with E-state index in [1.807, 2.05) is 11.8 Å². The number of urea groups is 1. The summed E-state index contributed by atoms with van der Waals surface area (Å²) in [4.78, 5) is 18.7. The molecule has 1 saturated heterocycles. The van der Waals surface area contributed by atoms with E-state index in [-0.39, 0.29) is 11.4 Å². The average Bonchev–Trinajstić information content (AvgIpc) is 3.46. The highest BCUT2D eigenvalue weighted by atomic mass is 16.2. The number of aromatic nitrogens is 3. The molecule has 0 saturated carbocycles. The topological polar surface area (TPSA) is 89.1 Å². The van der Waals surface area contributed by atoms with E-state index in [9.17, 15) is 4.79 Å². The first kappa shape index (κ1) is 19.6. The van der Waals surface area contributed by atoms with Gasteiger partial charge in [-0.05, 0) is 44.4 Å². The number of amides is 2. The van der Waals surface area contributed by atoms with Crippen molar-refractivity contribution in [2.24, 2.45) is 0 Å². The van der Waals surface area contributed by atoms with Crippen molar-refractivity contribution in [1.29, 1.82) is 0 Å². The Kier molecular flexibility index (Phi) is 4.68. The van der Waals surface area contributed by atoms with Crippen LogP contribution in [0.3, 0.4) is 0 Å². The number of aryl methyl sites for hydroxylation is 2. The minimum Gasteiger partial charge on any atom is -0.383 e. The number of benzene rings is 1. The summed E-state index contributed by atoms with van der Waals surface area (Å²) in [7, 11) is 0. The Balaban J connectivity index is 1.46. The average molecular weight is 417 g/mol. The Morgan fingerprint density at radius 2 is 1.94 bits per heavy atom. The van der Waals surface area contributed by atoms with E-state index in [0.717, 1.165) is 54.9 Å². The van der Waals surface area contributed by atoms with Gasteiger partial charge in [-0.15, -0.1) is 0 Å². The number of rotatable bonds is 3. The minimum atomic E-state index is -0.00262. The monoisotopic (exact) mass is 416 g/mol. The molecule has 7 heteroatoms. The molecule has 160 valence electrons. The molecule has 3 N–H and O–H groups in total. The summed E-state index contributed by atoms with van der Waals surface area (Å²) >= 11 is 0. The second kappa shape index (κ2) is 7.41. The predicted octanol–water partition coefficient (Wildman–Crippen LogP) is 3.58. The van der Waals surface area contributed by atoms with Gasteiger partial charge in [0.05, 0.1) is 5.69 Å². The first-order valence-electron chi connectivity index (χ1n) is 10.9. The van der Waals surface area contributed by atoms with Gasteiger partial charge in [-0.2, -0.15) is 5.10 Å². The number of pyridine rings is 1. The molecule has 1 fully saturated rings. The molecule has 2 aliphatic rings. The third kappa shape index (κ3) is 3.34. The molecule has 5 rings (SSSR count). The summed E-state index contributed by atoms with van der Waals surface area (Å²) in [6.45, 7) is 7.09. The van der Waals surface area contributed by atoms with Gasteiger partial charge in [-0.25, -0.2) is 9.78 Å². The number of carbonyl (C=O) groups is 1. The van der Waals surface area contributed by atoms with Crippen LogP contribution in [-0.4, -0.2) is 45.3 Å². The van der Waals surface area contributed by atoms with E-state index >= 15 is 0 Å². The van der Waals surface area contributed by atoms with Crippen molar-refractivity contribution in [3.63, 3.8) is 0 Å². The van der Waals surface area contributed by atoms with Crippen molar-refractivity contribution >= 4 is 11.8 Å². The smallest absolute Gasteiger partial charge is 0.317 e. The van der Waals surface area contributed by atoms with Crippen molar-refractivity contribution in [3.05, 3.63) is 53.9 Å². The van der Waals surface area contributed by atoms with E-state index in [0.29, 0.717) is 12.4 Å². The van der Waals surface area contributed by atoms with Crippen LogP contribution in [0.15, 0.2) is 42.6 Å². The van der Waals surface area contributed by atoms with Crippen LogP contribution in [0.2, 0.25) is 0 Å². The molecule has 4 heterocycles. The van der Waals surface area contributed by atoms with E-state index in [4.69, 9.17) is 10.8 Å². The number of fused-ring (bicyclic) bond motifs is 2. The molecule has 2 aromatic heterocycles. The number of carbonyl (C=O) groups excluding carboxylic acids is 1. The van der Waals surface area contributed by atoms with Gasteiger partial charge in [0.15, 0.2) is 0 Å². The molecule has 1 aromatic carbocycles. The maximum atomic E-state index is 12.3. The summed E-state index contributed by atoms with van der Waals surface area (Å²) in [6, 6.07) is 12.6. The Hall–Kier alpha value is -3.35. The van der Waals surface area contributed by atoms with Gasteiger partial charge in [0.1, 0.15) is 5.82 Å². The quantitative estimate of drug-likeness (QED) is 0.683. The van der Waals surface area contributed by atoms with Crippen molar-refractivity contribution in [1.82, 2.24) is 25.0 Å². The lowest BCUT2D eigenvalue weighted by atomic mass is 9.82. The molecule has 1 spiro atoms. The highest BCUT2D eigenvalue weighted by Crippen LogP contribution is 2.44. The van der Waals surface area contributed by atoms with Crippen molar-refractivity contribution in [3.8, 4) is 22.4 Å². The highest BCUT2D eigenvalue weighted by Gasteiger charge is 2.46. The molecule has 0 radical (unpaired) electrons. The molecule has 7 nitrogen and oxygen atoms in total. The van der Waals surface area contributed by atoms with Crippen molar-refractivity contribution in [2.75, 3.05) is 25.4 Å². The largest absolute Gasteiger partial charge is 0.383 e. The number of nitrogens with zero attached hydrogens (tertiary/aromatic N) is 4. The van der Waals surface area contributed by atoms with E-state index in [1.54, 1.807) is 6.20 Å². The number of nitrogens with one attached hydrogen (secondary N) is 1. The van der Waals surface area contributed by atoms with Crippen LogP contribution in [0.25, 0.3) is 22.4 Å². The molecular weight excluding hydrogens is 388 g/mol. The third-order valence-electron chi connectivity index (χ3n) is 6.67. The van der Waals surface area contributed by atoms with Gasteiger partial charge >= 0.3 is 6.03 Å². The molecule has 0 bridgehead atoms. The van der Waals surface area contributed by atoms with Crippen LogP contribution in [0.4, 0.5) is 10.6 Å². The van der Waals surface area contributed by atoms with Gasteiger partial charge in [-0.1, -0.05) is 29.8 Å². The zero-order valence-electron chi connectivity index (χ0n) is 18.1. The first-order chi connectivity index (χ1) is 15.0. The lowest BCUT2D eigenvalue weighted by Gasteiger charge is -2.23. The standard InChI is InChI=1S/C24H28N6O/c1-3-26-23(31)29-10-8-24(15-29)9-11-30-21(24)13-20(28-30)18-12-19(22(25)27-14-18)17-6-4-16(2)5-7-17/h4-7,12-14H,3,8-11,15H2,1-2H3,(H2,25,27)(H,26,31). The molecule has 0 aliphatic carbocycles. The van der Waals surface area contributed by atoms with Gasteiger partial charge in [-0.3, -0.25) is 4.68 Å². The van der Waals surface area contributed by atoms with E-state index < -0.39 is 0 Å². The molecular formula is C24H28N6O. The fourth-order valence-corrected chi connectivity index (χ4v) is 4.90. The van der Waals surface area contributed by atoms with Crippen LogP contribution in [-0.2, 0) is 12.0 Å². The number of nitrogens with two attached hydrogens (primary N) is 1. The fourth-order valence-electron chi connectivity index (χ4n) is 4.90. The highest BCUT2D eigenvalue weighted by molar-refractivity contribution is 5.79. The summed E-state index contributed by atoms with van der Waals surface area (Å²) in [5.74, 6) is 0.518. The predicted molar refractivity (Wildman–Crippen MR) is 122 cm³/mol. The molecule has 2 aliphatic heterocycles. The van der Waals surface area contributed by atoms with Crippen LogP contribution < -0.4 is 11.1 Å². The summed E-state index contributed by atoms with van der Waals surface area (Å²) in [5.41, 5.74) is 12.5. The van der Waals surface area contributed by atoms with Gasteiger partial charge in [0.2, 0.25) is 0 Å². The number of hydrogen-bond acceptors (Lipinski definition) is 4. The van der Waals surface area contributed by atoms with Crippen molar-refractivity contribution in [2.45, 2.75) is 38.6 Å². The second-order valence-corrected chi connectivity index (χ2v) is 8.70. The lowest BCUT2D eigenvalue weighted by Crippen LogP contribution is -2.40. The Labute approximate surface area is 182 Å². The van der Waals surface area contributed by atoms with E-state index in [1.165, 1.54) is 11.3 Å². The third-order valence-corrected chi connectivity index (χ3v) is 6.67. The minimum absolute atomic E-state index is 0.00262. The normalized spacial score (nSPS) is 19.7. The first-order valence-corrected chi connectivity index (χ1v) is 10.9. The Bertz CT molecular complexity index is 1140.